The number of nitrogens with one attached hydrogen (secondary N) is 1. The molecular weight excluding hydrogens is 528 g/mol. The lowest BCUT2D eigenvalue weighted by molar-refractivity contribution is 0.0499. The van der Waals surface area contributed by atoms with E-state index in [1.165, 1.54) is 18.7 Å². The number of ether oxygens (including phenoxy) is 2. The molecule has 1 aliphatic heterocycles. The highest BCUT2D eigenvalue weighted by Crippen LogP contribution is 2.24. The topological polar surface area (TPSA) is 130 Å². The molecule has 41 heavy (non-hydrogen) atoms. The molecule has 1 saturated heterocycles. The van der Waals surface area contributed by atoms with E-state index in [-0.39, 0.29) is 23.8 Å². The van der Waals surface area contributed by atoms with Gasteiger partial charge in [-0.25, -0.2) is 9.59 Å². The van der Waals surface area contributed by atoms with E-state index in [0.29, 0.717) is 30.4 Å². The van der Waals surface area contributed by atoms with Crippen molar-refractivity contribution in [3.63, 3.8) is 0 Å². The van der Waals surface area contributed by atoms with Crippen molar-refractivity contribution < 1.29 is 19.1 Å². The molecule has 1 N–H and O–H groups in total. The van der Waals surface area contributed by atoms with Crippen molar-refractivity contribution in [1.82, 2.24) is 24.0 Å². The van der Waals surface area contributed by atoms with Crippen LogP contribution < -0.4 is 26.2 Å². The third-order valence-corrected chi connectivity index (χ3v) is 6.74. The van der Waals surface area contributed by atoms with Crippen molar-refractivity contribution in [1.29, 1.82) is 0 Å². The van der Waals surface area contributed by atoms with Gasteiger partial charge in [0.05, 0.1) is 20.2 Å². The quantitative estimate of drug-likeness (QED) is 0.342. The number of carbonyl (C=O) groups excluding carboxylic acids is 2. The van der Waals surface area contributed by atoms with E-state index in [2.05, 4.69) is 17.2 Å². The predicted molar refractivity (Wildman–Crippen MR) is 155 cm³/mol. The Bertz CT molecular complexity index is 1650. The SMILES string of the molecule is CC#CCn1c(N2CCC[C@@H](NC(=O)OC(C)(C)C)C2)nc2c1c(=O)n(CC(=O)c1cccc(OC)c1)c(=O)n2C. The molecule has 0 unspecified atom stereocenters. The molecule has 0 bridgehead atoms. The molecule has 1 amide bonds. The van der Waals surface area contributed by atoms with Crippen molar-refractivity contribution in [3.8, 4) is 17.6 Å². The molecule has 0 aliphatic carbocycles. The number of aryl methyl sites for hydroxylation is 1. The number of nitrogens with zero attached hydrogens (tertiary/aromatic N) is 5. The second kappa shape index (κ2) is 11.9. The minimum Gasteiger partial charge on any atom is -0.497 e. The van der Waals surface area contributed by atoms with Gasteiger partial charge < -0.3 is 19.7 Å². The molecule has 3 aromatic rings. The van der Waals surface area contributed by atoms with E-state index in [4.69, 9.17) is 14.5 Å². The number of amides is 1. The third-order valence-electron chi connectivity index (χ3n) is 6.74. The maximum Gasteiger partial charge on any atom is 0.407 e. The van der Waals surface area contributed by atoms with E-state index in [9.17, 15) is 19.2 Å². The lowest BCUT2D eigenvalue weighted by atomic mass is 10.1. The fourth-order valence-corrected chi connectivity index (χ4v) is 4.83. The zero-order valence-corrected chi connectivity index (χ0v) is 24.3. The number of anilines is 1. The highest BCUT2D eigenvalue weighted by Gasteiger charge is 2.29. The first kappa shape index (κ1) is 29.5. The molecule has 12 heteroatoms. The number of imidazole rings is 1. The Morgan fingerprint density at radius 1 is 1.20 bits per heavy atom. The van der Waals surface area contributed by atoms with Gasteiger partial charge >= 0.3 is 11.8 Å². The average molecular weight is 565 g/mol. The van der Waals surface area contributed by atoms with Gasteiger partial charge in [-0.15, -0.1) is 5.92 Å². The summed E-state index contributed by atoms with van der Waals surface area (Å²) in [7, 11) is 3.01. The van der Waals surface area contributed by atoms with E-state index in [0.717, 1.165) is 17.4 Å². The lowest BCUT2D eigenvalue weighted by Gasteiger charge is -2.34. The standard InChI is InChI=1S/C29H36N6O6/c1-7-8-15-34-23-24(31-26(34)33-14-10-12-20(17-33)30-27(38)41-29(2,3)4)32(5)28(39)35(25(23)37)18-22(36)19-11-9-13-21(16-19)40-6/h9,11,13,16,20H,10,12,14-15,17-18H2,1-6H3,(H,30,38)/t20-/m1/s1. The Morgan fingerprint density at radius 3 is 2.63 bits per heavy atom. The van der Waals surface area contributed by atoms with Crippen LogP contribution in [0.25, 0.3) is 11.2 Å². The van der Waals surface area contributed by atoms with Crippen LogP contribution in [-0.2, 0) is 24.9 Å². The Hall–Kier alpha value is -4.53. The maximum atomic E-state index is 13.8. The monoisotopic (exact) mass is 564 g/mol. The highest BCUT2D eigenvalue weighted by atomic mass is 16.6. The number of fused-ring (bicyclic) bond motifs is 1. The van der Waals surface area contributed by atoms with Crippen molar-refractivity contribution >= 4 is 29.0 Å². The van der Waals surface area contributed by atoms with E-state index in [1.807, 2.05) is 4.90 Å². The summed E-state index contributed by atoms with van der Waals surface area (Å²) in [4.78, 5) is 59.3. The molecular formula is C29H36N6O6. The fourth-order valence-electron chi connectivity index (χ4n) is 4.83. The van der Waals surface area contributed by atoms with E-state index >= 15 is 0 Å². The van der Waals surface area contributed by atoms with Crippen LogP contribution in [0.1, 0.15) is 50.9 Å². The van der Waals surface area contributed by atoms with Crippen molar-refractivity contribution in [3.05, 3.63) is 50.7 Å². The summed E-state index contributed by atoms with van der Waals surface area (Å²) in [6, 6.07) is 6.34. The number of hydrogen-bond acceptors (Lipinski definition) is 8. The van der Waals surface area contributed by atoms with Gasteiger partial charge in [0, 0.05) is 31.7 Å². The fraction of sp³-hybridized carbons (Fsp3) is 0.483. The summed E-state index contributed by atoms with van der Waals surface area (Å²) in [5, 5.41) is 2.92. The zero-order valence-electron chi connectivity index (χ0n) is 24.3. The average Bonchev–Trinajstić information content (AvgIpc) is 3.31. The zero-order chi connectivity index (χ0) is 29.9. The summed E-state index contributed by atoms with van der Waals surface area (Å²) in [6.07, 6.45) is 1.02. The number of benzene rings is 1. The minimum atomic E-state index is -0.653. The number of methoxy groups -OCH3 is 1. The lowest BCUT2D eigenvalue weighted by Crippen LogP contribution is -2.49. The summed E-state index contributed by atoms with van der Waals surface area (Å²) in [5.41, 5.74) is -1.22. The van der Waals surface area contributed by atoms with Crippen molar-refractivity contribution in [2.24, 2.45) is 7.05 Å². The molecule has 0 saturated carbocycles. The van der Waals surface area contributed by atoms with Crippen LogP contribution in [0, 0.1) is 11.8 Å². The van der Waals surface area contributed by atoms with Crippen molar-refractivity contribution in [2.45, 2.75) is 65.3 Å². The Morgan fingerprint density at radius 2 is 1.95 bits per heavy atom. The van der Waals surface area contributed by atoms with Gasteiger partial charge in [0.25, 0.3) is 5.56 Å². The summed E-state index contributed by atoms with van der Waals surface area (Å²) >= 11 is 0. The normalized spacial score (nSPS) is 15.3. The number of Topliss-reactive ketones (excluding diaryl/α,β-unsaturated/α-hetero) is 1. The van der Waals surface area contributed by atoms with Gasteiger partial charge in [0.15, 0.2) is 16.9 Å². The van der Waals surface area contributed by atoms with E-state index < -0.39 is 35.3 Å². The number of alkyl carbamates (subject to hydrolysis) is 1. The maximum absolute atomic E-state index is 13.8. The molecule has 1 aliphatic rings. The number of ketones is 1. The van der Waals surface area contributed by atoms with Crippen LogP contribution >= 0.6 is 0 Å². The number of hydrogen-bond donors (Lipinski definition) is 1. The first-order valence-electron chi connectivity index (χ1n) is 13.4. The van der Waals surface area contributed by atoms with Gasteiger partial charge in [-0.2, -0.15) is 4.98 Å². The first-order valence-corrected chi connectivity index (χ1v) is 13.4. The highest BCUT2D eigenvalue weighted by molar-refractivity contribution is 5.96. The van der Waals surface area contributed by atoms with Crippen LogP contribution in [0.2, 0.25) is 0 Å². The first-order chi connectivity index (χ1) is 19.4. The van der Waals surface area contributed by atoms with Crippen LogP contribution in [-0.4, -0.2) is 62.4 Å². The summed E-state index contributed by atoms with van der Waals surface area (Å²) < 4.78 is 14.5. The Labute approximate surface area is 237 Å². The second-order valence-corrected chi connectivity index (χ2v) is 10.9. The Kier molecular flexibility index (Phi) is 8.56. The minimum absolute atomic E-state index is 0.153. The van der Waals surface area contributed by atoms with E-state index in [1.54, 1.807) is 56.5 Å². The molecule has 12 nitrogen and oxygen atoms in total. The Balaban J connectivity index is 1.73. The van der Waals surface area contributed by atoms with Crippen LogP contribution in [0.4, 0.5) is 10.7 Å². The van der Waals surface area contributed by atoms with Gasteiger partial charge in [-0.1, -0.05) is 18.1 Å². The molecule has 218 valence electrons. The number of carbonyl (C=O) groups is 2. The molecule has 1 fully saturated rings. The summed E-state index contributed by atoms with van der Waals surface area (Å²) in [5.74, 6) is 6.39. The van der Waals surface area contributed by atoms with Crippen LogP contribution in [0.3, 0.4) is 0 Å². The molecule has 0 radical (unpaired) electrons. The van der Waals surface area contributed by atoms with Gasteiger partial charge in [-0.3, -0.25) is 23.3 Å². The predicted octanol–water partition coefficient (Wildman–Crippen LogP) is 2.30. The smallest absolute Gasteiger partial charge is 0.407 e. The van der Waals surface area contributed by atoms with Crippen molar-refractivity contribution in [2.75, 3.05) is 25.1 Å². The number of aromatic nitrogens is 4. The molecule has 4 rings (SSSR count). The van der Waals surface area contributed by atoms with Gasteiger partial charge in [-0.05, 0) is 52.7 Å². The summed E-state index contributed by atoms with van der Waals surface area (Å²) in [6.45, 7) is 7.88. The number of rotatable bonds is 7. The molecule has 1 atom stereocenters. The number of piperidine rings is 1. The van der Waals surface area contributed by atoms with Crippen LogP contribution in [0.5, 0.6) is 5.75 Å². The molecule has 2 aromatic heterocycles. The molecule has 0 spiro atoms. The van der Waals surface area contributed by atoms with Gasteiger partial charge in [0.1, 0.15) is 11.4 Å². The molecule has 1 aromatic carbocycles. The van der Waals surface area contributed by atoms with Crippen LogP contribution in [0.15, 0.2) is 33.9 Å². The second-order valence-electron chi connectivity index (χ2n) is 10.9. The molecule has 3 heterocycles. The third kappa shape index (κ3) is 6.45. The van der Waals surface area contributed by atoms with Gasteiger partial charge in [0.2, 0.25) is 5.95 Å². The largest absolute Gasteiger partial charge is 0.497 e.